The second-order valence-corrected chi connectivity index (χ2v) is 4.92. The molecule has 2 N–H and O–H groups in total. The molecule has 1 aromatic carbocycles. The standard InChI is InChI=1S/C13H17ClN2O/c1-9-3-2-4-11(13(9)14)15-8-12(17)16-7-10-5-6-10/h2-4,10,15H,5-8H2,1H3,(H,16,17). The van der Waals surface area contributed by atoms with Crippen LogP contribution in [0, 0.1) is 12.8 Å². The zero-order valence-electron chi connectivity index (χ0n) is 9.92. The van der Waals surface area contributed by atoms with Crippen LogP contribution >= 0.6 is 11.6 Å². The summed E-state index contributed by atoms with van der Waals surface area (Å²) in [6.45, 7) is 3.03. The molecule has 1 amide bonds. The molecule has 1 fully saturated rings. The Labute approximate surface area is 107 Å². The molecule has 2 rings (SSSR count). The van der Waals surface area contributed by atoms with Crippen molar-refractivity contribution in [3.63, 3.8) is 0 Å². The highest BCUT2D eigenvalue weighted by Crippen LogP contribution is 2.27. The second-order valence-electron chi connectivity index (χ2n) is 4.54. The molecule has 0 aliphatic heterocycles. The molecule has 4 heteroatoms. The molecule has 0 unspecified atom stereocenters. The molecule has 92 valence electrons. The minimum atomic E-state index is 0.0227. The lowest BCUT2D eigenvalue weighted by molar-refractivity contribution is -0.119. The number of benzene rings is 1. The molecule has 0 spiro atoms. The number of amides is 1. The van der Waals surface area contributed by atoms with Crippen LogP contribution in [0.2, 0.25) is 5.02 Å². The Bertz CT molecular complexity index is 416. The number of aryl methyl sites for hydroxylation is 1. The van der Waals surface area contributed by atoms with Crippen LogP contribution in [0.4, 0.5) is 5.69 Å². The first-order valence-electron chi connectivity index (χ1n) is 5.92. The van der Waals surface area contributed by atoms with Crippen molar-refractivity contribution in [2.75, 3.05) is 18.4 Å². The zero-order valence-corrected chi connectivity index (χ0v) is 10.7. The van der Waals surface area contributed by atoms with E-state index in [0.29, 0.717) is 10.9 Å². The highest BCUT2D eigenvalue weighted by atomic mass is 35.5. The molecule has 1 aliphatic carbocycles. The van der Waals surface area contributed by atoms with Gasteiger partial charge in [-0.15, -0.1) is 0 Å². The quantitative estimate of drug-likeness (QED) is 0.846. The van der Waals surface area contributed by atoms with Crippen molar-refractivity contribution in [3.05, 3.63) is 28.8 Å². The van der Waals surface area contributed by atoms with E-state index in [1.54, 1.807) is 0 Å². The summed E-state index contributed by atoms with van der Waals surface area (Å²) in [6.07, 6.45) is 2.49. The lowest BCUT2D eigenvalue weighted by Gasteiger charge is -2.10. The van der Waals surface area contributed by atoms with Crippen molar-refractivity contribution in [1.82, 2.24) is 5.32 Å². The Morgan fingerprint density at radius 1 is 1.47 bits per heavy atom. The van der Waals surface area contributed by atoms with Crippen LogP contribution in [0.1, 0.15) is 18.4 Å². The summed E-state index contributed by atoms with van der Waals surface area (Å²) in [5, 5.41) is 6.64. The van der Waals surface area contributed by atoms with Gasteiger partial charge in [0.25, 0.3) is 0 Å². The van der Waals surface area contributed by atoms with Gasteiger partial charge in [0.05, 0.1) is 17.3 Å². The van der Waals surface area contributed by atoms with Gasteiger partial charge in [-0.1, -0.05) is 23.7 Å². The molecular weight excluding hydrogens is 236 g/mol. The van der Waals surface area contributed by atoms with Crippen LogP contribution in [-0.2, 0) is 4.79 Å². The Morgan fingerprint density at radius 3 is 2.94 bits per heavy atom. The van der Waals surface area contributed by atoms with E-state index in [0.717, 1.165) is 17.8 Å². The summed E-state index contributed by atoms with van der Waals surface area (Å²) < 4.78 is 0. The van der Waals surface area contributed by atoms with Gasteiger partial charge in [-0.2, -0.15) is 0 Å². The van der Waals surface area contributed by atoms with E-state index in [1.807, 2.05) is 25.1 Å². The Balaban J connectivity index is 1.79. The van der Waals surface area contributed by atoms with Gasteiger partial charge in [0.15, 0.2) is 0 Å². The largest absolute Gasteiger partial charge is 0.375 e. The van der Waals surface area contributed by atoms with Crippen LogP contribution in [0.3, 0.4) is 0 Å². The zero-order chi connectivity index (χ0) is 12.3. The Kier molecular flexibility index (Phi) is 3.89. The summed E-state index contributed by atoms with van der Waals surface area (Å²) in [5.74, 6) is 0.732. The lowest BCUT2D eigenvalue weighted by atomic mass is 10.2. The first-order valence-corrected chi connectivity index (χ1v) is 6.30. The molecule has 1 saturated carbocycles. The third-order valence-electron chi connectivity index (χ3n) is 2.92. The van der Waals surface area contributed by atoms with Crippen LogP contribution in [-0.4, -0.2) is 19.0 Å². The second kappa shape index (κ2) is 5.41. The van der Waals surface area contributed by atoms with E-state index >= 15 is 0 Å². The van der Waals surface area contributed by atoms with Crippen molar-refractivity contribution in [2.24, 2.45) is 5.92 Å². The van der Waals surface area contributed by atoms with Crippen LogP contribution in [0.15, 0.2) is 18.2 Å². The fraction of sp³-hybridized carbons (Fsp3) is 0.462. The van der Waals surface area contributed by atoms with E-state index in [4.69, 9.17) is 11.6 Å². The first-order chi connectivity index (χ1) is 8.16. The van der Waals surface area contributed by atoms with E-state index < -0.39 is 0 Å². The average Bonchev–Trinajstić information content (AvgIpc) is 3.12. The maximum Gasteiger partial charge on any atom is 0.239 e. The monoisotopic (exact) mass is 252 g/mol. The number of hydrogen-bond acceptors (Lipinski definition) is 2. The van der Waals surface area contributed by atoms with Crippen LogP contribution in [0.25, 0.3) is 0 Å². The molecule has 1 aliphatic rings. The fourth-order valence-electron chi connectivity index (χ4n) is 1.60. The van der Waals surface area contributed by atoms with E-state index in [9.17, 15) is 4.79 Å². The molecule has 0 heterocycles. The normalized spacial score (nSPS) is 14.5. The van der Waals surface area contributed by atoms with Gasteiger partial charge in [0.1, 0.15) is 0 Å². The number of carbonyl (C=O) groups is 1. The summed E-state index contributed by atoms with van der Waals surface area (Å²) in [4.78, 5) is 11.5. The fourth-order valence-corrected chi connectivity index (χ4v) is 1.79. The molecule has 0 radical (unpaired) electrons. The maximum atomic E-state index is 11.5. The number of rotatable bonds is 5. The minimum Gasteiger partial charge on any atom is -0.375 e. The number of hydrogen-bond donors (Lipinski definition) is 2. The van der Waals surface area contributed by atoms with Gasteiger partial charge >= 0.3 is 0 Å². The van der Waals surface area contributed by atoms with E-state index in [-0.39, 0.29) is 12.5 Å². The van der Waals surface area contributed by atoms with Gasteiger partial charge in [0, 0.05) is 6.54 Å². The summed E-state index contributed by atoms with van der Waals surface area (Å²) in [5.41, 5.74) is 1.82. The van der Waals surface area contributed by atoms with Crippen molar-refractivity contribution in [2.45, 2.75) is 19.8 Å². The molecule has 0 saturated heterocycles. The highest BCUT2D eigenvalue weighted by Gasteiger charge is 2.21. The Hall–Kier alpha value is -1.22. The topological polar surface area (TPSA) is 41.1 Å². The van der Waals surface area contributed by atoms with E-state index in [1.165, 1.54) is 12.8 Å². The smallest absolute Gasteiger partial charge is 0.239 e. The predicted molar refractivity (Wildman–Crippen MR) is 70.4 cm³/mol. The van der Waals surface area contributed by atoms with Crippen molar-refractivity contribution in [1.29, 1.82) is 0 Å². The number of anilines is 1. The summed E-state index contributed by atoms with van der Waals surface area (Å²) in [6, 6.07) is 5.75. The van der Waals surface area contributed by atoms with Gasteiger partial charge in [-0.05, 0) is 37.3 Å². The minimum absolute atomic E-state index is 0.0227. The molecule has 3 nitrogen and oxygen atoms in total. The first kappa shape index (κ1) is 12.2. The van der Waals surface area contributed by atoms with Gasteiger partial charge in [-0.25, -0.2) is 0 Å². The van der Waals surface area contributed by atoms with Crippen LogP contribution in [0.5, 0.6) is 0 Å². The van der Waals surface area contributed by atoms with Gasteiger partial charge < -0.3 is 10.6 Å². The summed E-state index contributed by atoms with van der Waals surface area (Å²) >= 11 is 6.12. The van der Waals surface area contributed by atoms with Crippen molar-refractivity contribution in [3.8, 4) is 0 Å². The number of carbonyl (C=O) groups excluding carboxylic acids is 1. The highest BCUT2D eigenvalue weighted by molar-refractivity contribution is 6.34. The SMILES string of the molecule is Cc1cccc(NCC(=O)NCC2CC2)c1Cl. The maximum absolute atomic E-state index is 11.5. The van der Waals surface area contributed by atoms with Gasteiger partial charge in [0.2, 0.25) is 5.91 Å². The Morgan fingerprint density at radius 2 is 2.24 bits per heavy atom. The third-order valence-corrected chi connectivity index (χ3v) is 3.42. The van der Waals surface area contributed by atoms with Crippen molar-refractivity contribution < 1.29 is 4.79 Å². The molecule has 1 aromatic rings. The predicted octanol–water partition coefficient (Wildman–Crippen LogP) is 2.59. The van der Waals surface area contributed by atoms with Gasteiger partial charge in [-0.3, -0.25) is 4.79 Å². The van der Waals surface area contributed by atoms with Crippen molar-refractivity contribution >= 4 is 23.2 Å². The molecule has 0 bridgehead atoms. The third kappa shape index (κ3) is 3.63. The molecular formula is C13H17ClN2O. The van der Waals surface area contributed by atoms with Crippen LogP contribution < -0.4 is 10.6 Å². The molecule has 0 aromatic heterocycles. The molecule has 17 heavy (non-hydrogen) atoms. The molecule has 0 atom stereocenters. The average molecular weight is 253 g/mol. The lowest BCUT2D eigenvalue weighted by Crippen LogP contribution is -2.31. The van der Waals surface area contributed by atoms with E-state index in [2.05, 4.69) is 10.6 Å². The number of nitrogens with one attached hydrogen (secondary N) is 2. The number of halogens is 1. The summed E-state index contributed by atoms with van der Waals surface area (Å²) in [7, 11) is 0.